The van der Waals surface area contributed by atoms with Crippen molar-refractivity contribution in [2.24, 2.45) is 0 Å². The van der Waals surface area contributed by atoms with Gasteiger partial charge in [-0.3, -0.25) is 4.79 Å². The minimum absolute atomic E-state index is 0.601. The molecule has 2 heteroatoms. The van der Waals surface area contributed by atoms with Gasteiger partial charge in [-0.1, -0.05) is 0 Å². The number of aldehydes is 1. The SMILES string of the molecule is CC1CCc2cc(C=O)ccc2N1C. The highest BCUT2D eigenvalue weighted by molar-refractivity contribution is 5.77. The molecule has 0 fully saturated rings. The minimum atomic E-state index is 0.601. The van der Waals surface area contributed by atoms with E-state index >= 15 is 0 Å². The highest BCUT2D eigenvalue weighted by Crippen LogP contribution is 2.29. The summed E-state index contributed by atoms with van der Waals surface area (Å²) in [5, 5.41) is 0. The predicted molar refractivity (Wildman–Crippen MR) is 58.0 cm³/mol. The Labute approximate surface area is 84.5 Å². The molecule has 2 nitrogen and oxygen atoms in total. The number of fused-ring (bicyclic) bond motifs is 1. The number of anilines is 1. The number of rotatable bonds is 1. The van der Waals surface area contributed by atoms with Gasteiger partial charge in [-0.05, 0) is 43.5 Å². The molecule has 0 N–H and O–H groups in total. The normalized spacial score (nSPS) is 20.4. The summed E-state index contributed by atoms with van der Waals surface area (Å²) in [7, 11) is 2.11. The van der Waals surface area contributed by atoms with E-state index in [1.54, 1.807) is 0 Å². The molecule has 0 saturated heterocycles. The largest absolute Gasteiger partial charge is 0.372 e. The van der Waals surface area contributed by atoms with Crippen molar-refractivity contribution in [3.8, 4) is 0 Å². The van der Waals surface area contributed by atoms with Crippen LogP contribution in [0.2, 0.25) is 0 Å². The highest BCUT2D eigenvalue weighted by Gasteiger charge is 2.19. The molecule has 1 aromatic carbocycles. The molecule has 0 spiro atoms. The van der Waals surface area contributed by atoms with Crippen LogP contribution in [0.1, 0.15) is 29.3 Å². The molecule has 0 aromatic heterocycles. The Balaban J connectivity index is 2.43. The smallest absolute Gasteiger partial charge is 0.150 e. The monoisotopic (exact) mass is 189 g/mol. The van der Waals surface area contributed by atoms with Gasteiger partial charge in [-0.15, -0.1) is 0 Å². The Bertz CT molecular complexity index is 359. The molecule has 14 heavy (non-hydrogen) atoms. The van der Waals surface area contributed by atoms with E-state index in [0.717, 1.165) is 18.3 Å². The van der Waals surface area contributed by atoms with E-state index in [2.05, 4.69) is 24.9 Å². The molecule has 1 atom stereocenters. The van der Waals surface area contributed by atoms with Crippen LogP contribution >= 0.6 is 0 Å². The molecular weight excluding hydrogens is 174 g/mol. The van der Waals surface area contributed by atoms with Gasteiger partial charge < -0.3 is 4.90 Å². The topological polar surface area (TPSA) is 20.3 Å². The van der Waals surface area contributed by atoms with Crippen molar-refractivity contribution in [3.05, 3.63) is 29.3 Å². The number of benzene rings is 1. The van der Waals surface area contributed by atoms with E-state index in [1.165, 1.54) is 17.7 Å². The Hall–Kier alpha value is -1.31. The summed E-state index contributed by atoms with van der Waals surface area (Å²) in [4.78, 5) is 12.9. The molecule has 0 radical (unpaired) electrons. The van der Waals surface area contributed by atoms with Crippen LogP contribution < -0.4 is 4.90 Å². The average molecular weight is 189 g/mol. The van der Waals surface area contributed by atoms with Crippen LogP contribution in [-0.4, -0.2) is 19.4 Å². The van der Waals surface area contributed by atoms with Gasteiger partial charge in [-0.25, -0.2) is 0 Å². The van der Waals surface area contributed by atoms with Crippen molar-refractivity contribution in [3.63, 3.8) is 0 Å². The first kappa shape index (κ1) is 9.25. The molecular formula is C12H15NO. The summed E-state index contributed by atoms with van der Waals surface area (Å²) < 4.78 is 0. The van der Waals surface area contributed by atoms with Crippen molar-refractivity contribution in [1.82, 2.24) is 0 Å². The molecule has 74 valence electrons. The zero-order valence-corrected chi connectivity index (χ0v) is 8.66. The summed E-state index contributed by atoms with van der Waals surface area (Å²) in [6.45, 7) is 2.23. The van der Waals surface area contributed by atoms with Crippen LogP contribution in [-0.2, 0) is 6.42 Å². The quantitative estimate of drug-likeness (QED) is 0.632. The number of nitrogens with zero attached hydrogens (tertiary/aromatic N) is 1. The number of hydrogen-bond acceptors (Lipinski definition) is 2. The summed E-state index contributed by atoms with van der Waals surface area (Å²) >= 11 is 0. The Morgan fingerprint density at radius 3 is 3.00 bits per heavy atom. The first-order valence-corrected chi connectivity index (χ1v) is 5.03. The Morgan fingerprint density at radius 1 is 1.50 bits per heavy atom. The maximum absolute atomic E-state index is 10.6. The lowest BCUT2D eigenvalue weighted by atomic mass is 9.96. The molecule has 1 aliphatic heterocycles. The van der Waals surface area contributed by atoms with E-state index in [1.807, 2.05) is 12.1 Å². The molecule has 0 bridgehead atoms. The molecule has 0 amide bonds. The maximum atomic E-state index is 10.6. The lowest BCUT2D eigenvalue weighted by Crippen LogP contribution is -2.33. The van der Waals surface area contributed by atoms with Crippen molar-refractivity contribution in [2.75, 3.05) is 11.9 Å². The fourth-order valence-electron chi connectivity index (χ4n) is 2.02. The average Bonchev–Trinajstić information content (AvgIpc) is 2.23. The van der Waals surface area contributed by atoms with Crippen molar-refractivity contribution in [2.45, 2.75) is 25.8 Å². The Kier molecular flexibility index (Phi) is 2.28. The summed E-state index contributed by atoms with van der Waals surface area (Å²) in [6.07, 6.45) is 3.17. The van der Waals surface area contributed by atoms with Crippen molar-refractivity contribution >= 4 is 12.0 Å². The van der Waals surface area contributed by atoms with Gasteiger partial charge in [0, 0.05) is 24.3 Å². The van der Waals surface area contributed by atoms with Crippen LogP contribution in [0.4, 0.5) is 5.69 Å². The first-order chi connectivity index (χ1) is 6.72. The summed E-state index contributed by atoms with van der Waals surface area (Å²) in [5.74, 6) is 0. The van der Waals surface area contributed by atoms with Gasteiger partial charge in [0.1, 0.15) is 6.29 Å². The molecule has 2 rings (SSSR count). The maximum Gasteiger partial charge on any atom is 0.150 e. The van der Waals surface area contributed by atoms with Crippen LogP contribution in [0.3, 0.4) is 0 Å². The highest BCUT2D eigenvalue weighted by atomic mass is 16.1. The van der Waals surface area contributed by atoms with Crippen LogP contribution in [0.5, 0.6) is 0 Å². The third-order valence-corrected chi connectivity index (χ3v) is 3.11. The van der Waals surface area contributed by atoms with E-state index < -0.39 is 0 Å². The molecule has 0 aliphatic carbocycles. The first-order valence-electron chi connectivity index (χ1n) is 5.03. The number of carbonyl (C=O) groups excluding carboxylic acids is 1. The molecule has 1 aliphatic rings. The third kappa shape index (κ3) is 1.41. The number of hydrogen-bond donors (Lipinski definition) is 0. The van der Waals surface area contributed by atoms with Crippen molar-refractivity contribution < 1.29 is 4.79 Å². The van der Waals surface area contributed by atoms with Gasteiger partial charge in [-0.2, -0.15) is 0 Å². The van der Waals surface area contributed by atoms with Gasteiger partial charge >= 0.3 is 0 Å². The second-order valence-corrected chi connectivity index (χ2v) is 4.00. The van der Waals surface area contributed by atoms with E-state index in [4.69, 9.17) is 0 Å². The zero-order chi connectivity index (χ0) is 10.1. The summed E-state index contributed by atoms with van der Waals surface area (Å²) in [6, 6.07) is 6.55. The van der Waals surface area contributed by atoms with Gasteiger partial charge in [0.2, 0.25) is 0 Å². The standard InChI is InChI=1S/C12H15NO/c1-9-3-5-11-7-10(8-14)4-6-12(11)13(9)2/h4,6-9H,3,5H2,1-2H3. The molecule has 1 heterocycles. The van der Waals surface area contributed by atoms with E-state index in [-0.39, 0.29) is 0 Å². The zero-order valence-electron chi connectivity index (χ0n) is 8.66. The van der Waals surface area contributed by atoms with Crippen LogP contribution in [0.25, 0.3) is 0 Å². The summed E-state index contributed by atoms with van der Waals surface area (Å²) in [5.41, 5.74) is 3.36. The van der Waals surface area contributed by atoms with Crippen LogP contribution in [0, 0.1) is 0 Å². The van der Waals surface area contributed by atoms with Crippen LogP contribution in [0.15, 0.2) is 18.2 Å². The van der Waals surface area contributed by atoms with Gasteiger partial charge in [0.25, 0.3) is 0 Å². The fraction of sp³-hybridized carbons (Fsp3) is 0.417. The molecule has 0 saturated carbocycles. The minimum Gasteiger partial charge on any atom is -0.372 e. The fourth-order valence-corrected chi connectivity index (χ4v) is 2.02. The van der Waals surface area contributed by atoms with Gasteiger partial charge in [0.15, 0.2) is 0 Å². The van der Waals surface area contributed by atoms with E-state index in [9.17, 15) is 4.79 Å². The lowest BCUT2D eigenvalue weighted by Gasteiger charge is -2.33. The Morgan fingerprint density at radius 2 is 2.29 bits per heavy atom. The predicted octanol–water partition coefficient (Wildman–Crippen LogP) is 2.27. The second-order valence-electron chi connectivity index (χ2n) is 4.00. The lowest BCUT2D eigenvalue weighted by molar-refractivity contribution is 0.112. The van der Waals surface area contributed by atoms with E-state index in [0.29, 0.717) is 6.04 Å². The van der Waals surface area contributed by atoms with Crippen molar-refractivity contribution in [1.29, 1.82) is 0 Å². The second kappa shape index (κ2) is 3.45. The van der Waals surface area contributed by atoms with Gasteiger partial charge in [0.05, 0.1) is 0 Å². The third-order valence-electron chi connectivity index (χ3n) is 3.11. The number of carbonyl (C=O) groups is 1. The molecule has 1 unspecified atom stereocenters. The molecule has 1 aromatic rings. The number of aryl methyl sites for hydroxylation is 1.